The summed E-state index contributed by atoms with van der Waals surface area (Å²) in [5, 5.41) is 3.05. The molecule has 0 radical (unpaired) electrons. The van der Waals surface area contributed by atoms with Crippen molar-refractivity contribution in [2.75, 3.05) is 26.2 Å². The highest BCUT2D eigenvalue weighted by Crippen LogP contribution is 2.21. The monoisotopic (exact) mass is 380 g/mol. The van der Waals surface area contributed by atoms with E-state index in [2.05, 4.69) is 66.5 Å². The molecule has 0 aliphatic carbocycles. The van der Waals surface area contributed by atoms with Crippen LogP contribution < -0.4 is 10.1 Å². The van der Waals surface area contributed by atoms with Crippen LogP contribution >= 0.6 is 0 Å². The molecule has 1 aliphatic rings. The Labute approximate surface area is 168 Å². The second kappa shape index (κ2) is 10.3. The molecular weight excluding hydrogens is 348 g/mol. The fourth-order valence-corrected chi connectivity index (χ4v) is 3.59. The van der Waals surface area contributed by atoms with Crippen LogP contribution in [0.4, 0.5) is 0 Å². The number of hydrogen-bond donors (Lipinski definition) is 1. The van der Waals surface area contributed by atoms with E-state index in [0.29, 0.717) is 6.54 Å². The minimum absolute atomic E-state index is 0.126. The highest BCUT2D eigenvalue weighted by atomic mass is 16.5. The summed E-state index contributed by atoms with van der Waals surface area (Å²) in [4.78, 5) is 14.4. The Morgan fingerprint density at radius 1 is 1.07 bits per heavy atom. The molecule has 0 spiro atoms. The molecule has 1 amide bonds. The number of carbonyl (C=O) groups excluding carboxylic acids is 1. The number of nitrogens with zero attached hydrogens (tertiary/aromatic N) is 1. The Kier molecular flexibility index (Phi) is 7.49. The van der Waals surface area contributed by atoms with Gasteiger partial charge in [-0.1, -0.05) is 36.4 Å². The molecule has 0 saturated carbocycles. The largest absolute Gasteiger partial charge is 0.490 e. The Morgan fingerprint density at radius 2 is 1.82 bits per heavy atom. The summed E-state index contributed by atoms with van der Waals surface area (Å²) in [7, 11) is 0. The predicted molar refractivity (Wildman–Crippen MR) is 114 cm³/mol. The minimum atomic E-state index is 0.126. The maximum absolute atomic E-state index is 12.2. The van der Waals surface area contributed by atoms with Gasteiger partial charge in [0, 0.05) is 19.6 Å². The summed E-state index contributed by atoms with van der Waals surface area (Å²) in [5.41, 5.74) is 3.87. The van der Waals surface area contributed by atoms with Crippen LogP contribution in [-0.2, 0) is 11.2 Å². The number of amides is 1. The second-order valence-electron chi connectivity index (χ2n) is 7.78. The number of nitrogens with one attached hydrogen (secondary N) is 1. The molecule has 0 atom stereocenters. The molecule has 2 aromatic rings. The lowest BCUT2D eigenvalue weighted by molar-refractivity contribution is -0.122. The summed E-state index contributed by atoms with van der Waals surface area (Å²) < 4.78 is 6.14. The van der Waals surface area contributed by atoms with Crippen molar-refractivity contribution in [2.24, 2.45) is 0 Å². The van der Waals surface area contributed by atoms with Crippen LogP contribution in [0.25, 0.3) is 0 Å². The molecule has 0 aromatic heterocycles. The molecule has 2 aromatic carbocycles. The van der Waals surface area contributed by atoms with E-state index in [1.54, 1.807) is 0 Å². The number of hydrogen-bond acceptors (Lipinski definition) is 3. The molecule has 1 heterocycles. The molecule has 150 valence electrons. The summed E-state index contributed by atoms with van der Waals surface area (Å²) in [6.07, 6.45) is 4.15. The smallest absolute Gasteiger partial charge is 0.234 e. The fourth-order valence-electron chi connectivity index (χ4n) is 3.59. The molecule has 4 nitrogen and oxygen atoms in total. The van der Waals surface area contributed by atoms with Crippen molar-refractivity contribution >= 4 is 5.91 Å². The lowest BCUT2D eigenvalue weighted by Crippen LogP contribution is -2.44. The number of ether oxygens (including phenoxy) is 1. The molecule has 4 heteroatoms. The van der Waals surface area contributed by atoms with E-state index < -0.39 is 0 Å². The first-order valence-electron chi connectivity index (χ1n) is 10.4. The molecule has 1 saturated heterocycles. The van der Waals surface area contributed by atoms with Crippen molar-refractivity contribution in [3.63, 3.8) is 0 Å². The third-order valence-electron chi connectivity index (χ3n) is 5.49. The van der Waals surface area contributed by atoms with Crippen LogP contribution in [0.1, 0.15) is 36.0 Å². The average molecular weight is 381 g/mol. The zero-order valence-electron chi connectivity index (χ0n) is 17.1. The van der Waals surface area contributed by atoms with Gasteiger partial charge < -0.3 is 10.1 Å². The van der Waals surface area contributed by atoms with Crippen LogP contribution in [0.15, 0.2) is 48.5 Å². The Hall–Kier alpha value is -2.33. The molecule has 1 N–H and O–H groups in total. The van der Waals surface area contributed by atoms with Gasteiger partial charge in [-0.3, -0.25) is 9.69 Å². The van der Waals surface area contributed by atoms with Gasteiger partial charge >= 0.3 is 0 Å². The molecule has 1 aliphatic heterocycles. The van der Waals surface area contributed by atoms with Crippen molar-refractivity contribution in [1.29, 1.82) is 0 Å². The van der Waals surface area contributed by atoms with E-state index in [0.717, 1.165) is 51.1 Å². The summed E-state index contributed by atoms with van der Waals surface area (Å²) in [5.74, 6) is 1.08. The van der Waals surface area contributed by atoms with E-state index in [4.69, 9.17) is 4.74 Å². The predicted octanol–water partition coefficient (Wildman–Crippen LogP) is 3.90. The van der Waals surface area contributed by atoms with Gasteiger partial charge in [0.1, 0.15) is 11.9 Å². The van der Waals surface area contributed by atoms with E-state index >= 15 is 0 Å². The number of likely N-dealkylation sites (tertiary alicyclic amines) is 1. The van der Waals surface area contributed by atoms with Gasteiger partial charge in [-0.2, -0.15) is 0 Å². The Morgan fingerprint density at radius 3 is 2.54 bits per heavy atom. The van der Waals surface area contributed by atoms with Crippen LogP contribution in [0.5, 0.6) is 5.75 Å². The summed E-state index contributed by atoms with van der Waals surface area (Å²) in [6, 6.07) is 16.7. The van der Waals surface area contributed by atoms with Gasteiger partial charge in [-0.05, 0) is 68.4 Å². The van der Waals surface area contributed by atoms with Crippen molar-refractivity contribution in [3.8, 4) is 5.75 Å². The first-order chi connectivity index (χ1) is 13.6. The number of rotatable bonds is 8. The standard InChI is InChI=1S/C24H32N2O2/c1-19-10-11-23(17-20(19)2)28-22-12-15-26(16-13-22)18-24(27)25-14-6-9-21-7-4-3-5-8-21/h3-5,7-8,10-11,17,22H,6,9,12-16,18H2,1-2H3,(H,25,27). The highest BCUT2D eigenvalue weighted by Gasteiger charge is 2.22. The maximum atomic E-state index is 12.2. The van der Waals surface area contributed by atoms with Gasteiger partial charge in [0.25, 0.3) is 0 Å². The van der Waals surface area contributed by atoms with Crippen molar-refractivity contribution in [2.45, 2.75) is 45.6 Å². The first kappa shape index (κ1) is 20.4. The lowest BCUT2D eigenvalue weighted by atomic mass is 10.1. The summed E-state index contributed by atoms with van der Waals surface area (Å²) in [6.45, 7) is 7.27. The molecule has 1 fully saturated rings. The van der Waals surface area contributed by atoms with Gasteiger partial charge in [-0.25, -0.2) is 0 Å². The Balaban J connectivity index is 1.31. The molecular formula is C24H32N2O2. The van der Waals surface area contributed by atoms with Gasteiger partial charge in [0.05, 0.1) is 6.54 Å². The zero-order valence-corrected chi connectivity index (χ0v) is 17.1. The number of piperidine rings is 1. The zero-order chi connectivity index (χ0) is 19.8. The number of benzene rings is 2. The number of carbonyl (C=O) groups is 1. The second-order valence-corrected chi connectivity index (χ2v) is 7.78. The van der Waals surface area contributed by atoms with E-state index in [1.807, 2.05) is 6.07 Å². The SMILES string of the molecule is Cc1ccc(OC2CCN(CC(=O)NCCCc3ccccc3)CC2)cc1C. The van der Waals surface area contributed by atoms with Crippen molar-refractivity contribution < 1.29 is 9.53 Å². The van der Waals surface area contributed by atoms with Crippen LogP contribution in [0, 0.1) is 13.8 Å². The molecule has 0 unspecified atom stereocenters. The fraction of sp³-hybridized carbons (Fsp3) is 0.458. The van der Waals surface area contributed by atoms with Gasteiger partial charge in [-0.15, -0.1) is 0 Å². The first-order valence-corrected chi connectivity index (χ1v) is 10.4. The molecule has 28 heavy (non-hydrogen) atoms. The quantitative estimate of drug-likeness (QED) is 0.707. The number of aryl methyl sites for hydroxylation is 3. The van der Waals surface area contributed by atoms with Crippen LogP contribution in [0.2, 0.25) is 0 Å². The highest BCUT2D eigenvalue weighted by molar-refractivity contribution is 5.77. The van der Waals surface area contributed by atoms with Crippen molar-refractivity contribution in [3.05, 3.63) is 65.2 Å². The van der Waals surface area contributed by atoms with E-state index in [-0.39, 0.29) is 12.0 Å². The summed E-state index contributed by atoms with van der Waals surface area (Å²) >= 11 is 0. The van der Waals surface area contributed by atoms with E-state index in [9.17, 15) is 4.79 Å². The maximum Gasteiger partial charge on any atom is 0.234 e. The third-order valence-corrected chi connectivity index (χ3v) is 5.49. The molecule has 0 bridgehead atoms. The average Bonchev–Trinajstić information content (AvgIpc) is 2.70. The minimum Gasteiger partial charge on any atom is -0.490 e. The Bertz CT molecular complexity index is 752. The van der Waals surface area contributed by atoms with Gasteiger partial charge in [0.2, 0.25) is 5.91 Å². The van der Waals surface area contributed by atoms with Gasteiger partial charge in [0.15, 0.2) is 0 Å². The van der Waals surface area contributed by atoms with Crippen LogP contribution in [-0.4, -0.2) is 43.1 Å². The van der Waals surface area contributed by atoms with Crippen molar-refractivity contribution in [1.82, 2.24) is 10.2 Å². The topological polar surface area (TPSA) is 41.6 Å². The van der Waals surface area contributed by atoms with Crippen LogP contribution in [0.3, 0.4) is 0 Å². The normalized spacial score (nSPS) is 15.4. The lowest BCUT2D eigenvalue weighted by Gasteiger charge is -2.31. The van der Waals surface area contributed by atoms with E-state index in [1.165, 1.54) is 16.7 Å². The molecule has 3 rings (SSSR count). The third kappa shape index (κ3) is 6.38.